The highest BCUT2D eigenvalue weighted by molar-refractivity contribution is 5.79. The summed E-state index contributed by atoms with van der Waals surface area (Å²) in [7, 11) is 2.03. The van der Waals surface area contributed by atoms with Gasteiger partial charge in [0, 0.05) is 18.6 Å². The van der Waals surface area contributed by atoms with Crippen molar-refractivity contribution in [2.45, 2.75) is 44.7 Å². The number of nitrogens with one attached hydrogen (secondary N) is 2. The third-order valence-corrected chi connectivity index (χ3v) is 4.48. The summed E-state index contributed by atoms with van der Waals surface area (Å²) in [6, 6.07) is -0.341. The number of hydrogen-bond acceptors (Lipinski definition) is 3. The highest BCUT2D eigenvalue weighted by Gasteiger charge is 2.46. The van der Waals surface area contributed by atoms with Crippen molar-refractivity contribution in [2.75, 3.05) is 20.1 Å². The number of carboxylic acids is 1. The van der Waals surface area contributed by atoms with E-state index in [4.69, 9.17) is 0 Å². The molecule has 0 aromatic carbocycles. The van der Waals surface area contributed by atoms with E-state index in [1.807, 2.05) is 7.05 Å². The van der Waals surface area contributed by atoms with E-state index >= 15 is 0 Å². The van der Waals surface area contributed by atoms with Crippen molar-refractivity contribution in [3.8, 4) is 0 Å². The van der Waals surface area contributed by atoms with Gasteiger partial charge >= 0.3 is 12.0 Å². The third kappa shape index (κ3) is 3.00. The van der Waals surface area contributed by atoms with Crippen LogP contribution in [0.5, 0.6) is 0 Å². The number of urea groups is 1. The van der Waals surface area contributed by atoms with Crippen LogP contribution in [-0.4, -0.2) is 54.2 Å². The van der Waals surface area contributed by atoms with Crippen LogP contribution in [0.3, 0.4) is 0 Å². The van der Waals surface area contributed by atoms with Gasteiger partial charge in [0.15, 0.2) is 0 Å². The lowest BCUT2D eigenvalue weighted by molar-refractivity contribution is -0.148. The fourth-order valence-electron chi connectivity index (χ4n) is 3.09. The lowest BCUT2D eigenvalue weighted by Gasteiger charge is -2.28. The highest BCUT2D eigenvalue weighted by atomic mass is 16.4. The van der Waals surface area contributed by atoms with Gasteiger partial charge in [0.1, 0.15) is 0 Å². The van der Waals surface area contributed by atoms with E-state index < -0.39 is 11.4 Å². The monoisotopic (exact) mass is 269 g/mol. The number of carbonyl (C=O) groups excluding carboxylic acids is 1. The van der Waals surface area contributed by atoms with Gasteiger partial charge in [0.2, 0.25) is 0 Å². The number of hydrogen-bond donors (Lipinski definition) is 3. The van der Waals surface area contributed by atoms with Gasteiger partial charge in [-0.1, -0.05) is 6.42 Å². The first-order chi connectivity index (χ1) is 8.91. The van der Waals surface area contributed by atoms with E-state index in [0.29, 0.717) is 6.42 Å². The standard InChI is InChI=1S/C13H23N3O3/c1-13(11(17)18)6-3-4-10(13)15-12(19)14-9-5-7-16(2)8-9/h9-10H,3-8H2,1-2H3,(H,17,18)(H2,14,15,19). The van der Waals surface area contributed by atoms with Gasteiger partial charge in [0.25, 0.3) is 0 Å². The second-order valence-electron chi connectivity index (χ2n) is 6.03. The summed E-state index contributed by atoms with van der Waals surface area (Å²) in [5.74, 6) is -0.823. The molecule has 0 radical (unpaired) electrons. The van der Waals surface area contributed by atoms with Crippen LogP contribution in [-0.2, 0) is 4.79 Å². The number of rotatable bonds is 3. The van der Waals surface area contributed by atoms with E-state index in [-0.39, 0.29) is 18.1 Å². The van der Waals surface area contributed by atoms with Crippen molar-refractivity contribution in [1.29, 1.82) is 0 Å². The van der Waals surface area contributed by atoms with Crippen LogP contribution in [0.2, 0.25) is 0 Å². The predicted molar refractivity (Wildman–Crippen MR) is 71.0 cm³/mol. The molecule has 3 unspecified atom stereocenters. The number of carbonyl (C=O) groups is 2. The molecule has 0 aromatic heterocycles. The first-order valence-corrected chi connectivity index (χ1v) is 6.91. The van der Waals surface area contributed by atoms with Crippen molar-refractivity contribution >= 4 is 12.0 Å². The summed E-state index contributed by atoms with van der Waals surface area (Å²) in [5, 5.41) is 15.1. The van der Waals surface area contributed by atoms with Crippen LogP contribution < -0.4 is 10.6 Å². The Kier molecular flexibility index (Phi) is 3.99. The number of likely N-dealkylation sites (N-methyl/N-ethyl adjacent to an activating group) is 1. The Hall–Kier alpha value is -1.30. The Morgan fingerprint density at radius 2 is 2.05 bits per heavy atom. The van der Waals surface area contributed by atoms with Gasteiger partial charge in [-0.05, 0) is 39.8 Å². The Balaban J connectivity index is 1.86. The molecule has 19 heavy (non-hydrogen) atoms. The maximum Gasteiger partial charge on any atom is 0.315 e. The zero-order chi connectivity index (χ0) is 14.0. The fourth-order valence-corrected chi connectivity index (χ4v) is 3.09. The van der Waals surface area contributed by atoms with Gasteiger partial charge < -0.3 is 20.6 Å². The van der Waals surface area contributed by atoms with Crippen molar-refractivity contribution in [1.82, 2.24) is 15.5 Å². The second-order valence-corrected chi connectivity index (χ2v) is 6.03. The normalized spacial score (nSPS) is 35.3. The van der Waals surface area contributed by atoms with E-state index in [1.54, 1.807) is 6.92 Å². The topological polar surface area (TPSA) is 81.7 Å². The van der Waals surface area contributed by atoms with Crippen molar-refractivity contribution in [2.24, 2.45) is 5.41 Å². The minimum absolute atomic E-state index is 0.169. The number of likely N-dealkylation sites (tertiary alicyclic amines) is 1. The zero-order valence-corrected chi connectivity index (χ0v) is 11.6. The van der Waals surface area contributed by atoms with Crippen molar-refractivity contribution in [3.63, 3.8) is 0 Å². The van der Waals surface area contributed by atoms with Crippen LogP contribution in [0.25, 0.3) is 0 Å². The molecule has 1 saturated carbocycles. The van der Waals surface area contributed by atoms with Gasteiger partial charge in [-0.3, -0.25) is 4.79 Å². The van der Waals surface area contributed by atoms with Gasteiger partial charge in [-0.25, -0.2) is 4.79 Å². The van der Waals surface area contributed by atoms with Crippen LogP contribution >= 0.6 is 0 Å². The molecule has 108 valence electrons. The molecule has 2 fully saturated rings. The molecule has 2 rings (SSSR count). The minimum Gasteiger partial charge on any atom is -0.481 e. The molecule has 6 nitrogen and oxygen atoms in total. The van der Waals surface area contributed by atoms with Crippen molar-refractivity contribution in [3.05, 3.63) is 0 Å². The van der Waals surface area contributed by atoms with E-state index in [9.17, 15) is 14.7 Å². The fraction of sp³-hybridized carbons (Fsp3) is 0.846. The largest absolute Gasteiger partial charge is 0.481 e. The molecule has 1 aliphatic carbocycles. The number of aliphatic carboxylic acids is 1. The summed E-state index contributed by atoms with van der Waals surface area (Å²) in [5.41, 5.74) is -0.830. The molecule has 2 amide bonds. The third-order valence-electron chi connectivity index (χ3n) is 4.48. The molecule has 0 aromatic rings. The molecule has 1 heterocycles. The van der Waals surface area contributed by atoms with E-state index in [2.05, 4.69) is 15.5 Å². The SMILES string of the molecule is CN1CCC(NC(=O)NC2CCCC2(C)C(=O)O)C1. The summed E-state index contributed by atoms with van der Waals surface area (Å²) in [6.45, 7) is 3.56. The quantitative estimate of drug-likeness (QED) is 0.702. The van der Waals surface area contributed by atoms with Crippen LogP contribution in [0.4, 0.5) is 4.79 Å². The number of nitrogens with zero attached hydrogens (tertiary/aromatic N) is 1. The van der Waals surface area contributed by atoms with Crippen molar-refractivity contribution < 1.29 is 14.7 Å². The van der Waals surface area contributed by atoms with Crippen LogP contribution in [0.1, 0.15) is 32.6 Å². The molecule has 6 heteroatoms. The van der Waals surface area contributed by atoms with Crippen LogP contribution in [0.15, 0.2) is 0 Å². The van der Waals surface area contributed by atoms with Gasteiger partial charge in [-0.15, -0.1) is 0 Å². The van der Waals surface area contributed by atoms with Crippen LogP contribution in [0, 0.1) is 5.41 Å². The summed E-state index contributed by atoms with van der Waals surface area (Å²) < 4.78 is 0. The number of amides is 2. The molecule has 2 aliphatic rings. The lowest BCUT2D eigenvalue weighted by atomic mass is 9.85. The zero-order valence-electron chi connectivity index (χ0n) is 11.6. The molecule has 0 spiro atoms. The second kappa shape index (κ2) is 5.36. The Labute approximate surface area is 113 Å². The van der Waals surface area contributed by atoms with E-state index in [0.717, 1.165) is 32.4 Å². The molecular formula is C13H23N3O3. The number of carboxylic acid groups (broad SMARTS) is 1. The Morgan fingerprint density at radius 3 is 2.63 bits per heavy atom. The minimum atomic E-state index is -0.830. The van der Waals surface area contributed by atoms with E-state index in [1.165, 1.54) is 0 Å². The van der Waals surface area contributed by atoms with Gasteiger partial charge in [-0.2, -0.15) is 0 Å². The maximum atomic E-state index is 11.9. The lowest BCUT2D eigenvalue weighted by Crippen LogP contribution is -2.52. The Bertz CT molecular complexity index is 374. The first-order valence-electron chi connectivity index (χ1n) is 6.91. The summed E-state index contributed by atoms with van der Waals surface area (Å²) in [6.07, 6.45) is 3.16. The molecule has 0 bridgehead atoms. The predicted octanol–water partition coefficient (Wildman–Crippen LogP) is 0.633. The van der Waals surface area contributed by atoms with Gasteiger partial charge in [0.05, 0.1) is 5.41 Å². The molecular weight excluding hydrogens is 246 g/mol. The molecule has 3 N–H and O–H groups in total. The first kappa shape index (κ1) is 14.1. The summed E-state index contributed by atoms with van der Waals surface area (Å²) >= 11 is 0. The highest BCUT2D eigenvalue weighted by Crippen LogP contribution is 2.38. The molecule has 1 saturated heterocycles. The molecule has 1 aliphatic heterocycles. The average molecular weight is 269 g/mol. The summed E-state index contributed by atoms with van der Waals surface area (Å²) in [4.78, 5) is 25.4. The molecule has 3 atom stereocenters. The Morgan fingerprint density at radius 1 is 1.32 bits per heavy atom. The maximum absolute atomic E-state index is 11.9. The average Bonchev–Trinajstić information content (AvgIpc) is 2.87. The smallest absolute Gasteiger partial charge is 0.315 e.